The van der Waals surface area contributed by atoms with Gasteiger partial charge in [0.25, 0.3) is 11.8 Å². The zero-order valence-electron chi connectivity index (χ0n) is 26.7. The largest absolute Gasteiger partial charge is 0.507 e. The van der Waals surface area contributed by atoms with Crippen LogP contribution < -0.4 is 25.8 Å². The molecule has 3 aromatic rings. The molecule has 14 nitrogen and oxygen atoms in total. The molecule has 49 heavy (non-hydrogen) atoms. The van der Waals surface area contributed by atoms with E-state index in [2.05, 4.69) is 20.8 Å². The van der Waals surface area contributed by atoms with Crippen LogP contribution in [0.1, 0.15) is 72.1 Å². The lowest BCUT2D eigenvalue weighted by Crippen LogP contribution is -2.67. The van der Waals surface area contributed by atoms with Crippen molar-refractivity contribution in [3.63, 3.8) is 0 Å². The topological polar surface area (TPSA) is 203 Å². The van der Waals surface area contributed by atoms with E-state index in [1.165, 1.54) is 6.07 Å². The monoisotopic (exact) mass is 668 g/mol. The van der Waals surface area contributed by atoms with E-state index in [0.29, 0.717) is 49.4 Å². The van der Waals surface area contributed by atoms with E-state index in [-0.39, 0.29) is 64.6 Å². The SMILES string of the molecule is Nc1nnc(-c2ccccc2O)cc1OCC12CC(CNC(=O)CCCCOc3cccc4c3C(=O)N(C3CCC(=O)NC3=O)C4=O)(C1)C2. The molecule has 1 saturated heterocycles. The number of aromatic hydroxyl groups is 1. The van der Waals surface area contributed by atoms with Gasteiger partial charge in [0.2, 0.25) is 17.7 Å². The van der Waals surface area contributed by atoms with Crippen molar-refractivity contribution in [2.45, 2.75) is 57.4 Å². The van der Waals surface area contributed by atoms with Gasteiger partial charge in [0.1, 0.15) is 23.2 Å². The zero-order valence-corrected chi connectivity index (χ0v) is 26.7. The first-order chi connectivity index (χ1) is 23.6. The van der Waals surface area contributed by atoms with Gasteiger partial charge in [-0.1, -0.05) is 18.2 Å². The molecule has 1 unspecified atom stereocenters. The molecule has 14 heteroatoms. The number of fused-ring (bicyclic) bond motifs is 1. The number of carbonyl (C=O) groups excluding carboxylic acids is 5. The highest BCUT2D eigenvalue weighted by molar-refractivity contribution is 6.24. The van der Waals surface area contributed by atoms with Gasteiger partial charge < -0.3 is 25.6 Å². The van der Waals surface area contributed by atoms with Crippen molar-refractivity contribution in [3.05, 3.63) is 59.7 Å². The van der Waals surface area contributed by atoms with Crippen LogP contribution in [-0.2, 0) is 14.4 Å². The molecule has 3 saturated carbocycles. The number of hydrogen-bond donors (Lipinski definition) is 4. The quantitative estimate of drug-likeness (QED) is 0.154. The highest BCUT2D eigenvalue weighted by Gasteiger charge is 2.67. The number of amides is 5. The molecule has 1 aromatic heterocycles. The maximum Gasteiger partial charge on any atom is 0.266 e. The number of benzene rings is 2. The number of imide groups is 2. The molecule has 5 N–H and O–H groups in total. The molecule has 8 rings (SSSR count). The fourth-order valence-corrected chi connectivity index (χ4v) is 7.67. The van der Waals surface area contributed by atoms with Crippen molar-refractivity contribution in [3.8, 4) is 28.5 Å². The van der Waals surface area contributed by atoms with Crippen LogP contribution in [0.4, 0.5) is 5.82 Å². The zero-order chi connectivity index (χ0) is 34.3. The normalized spacial score (nSPS) is 23.7. The summed E-state index contributed by atoms with van der Waals surface area (Å²) in [4.78, 5) is 63.6. The molecule has 1 atom stereocenters. The summed E-state index contributed by atoms with van der Waals surface area (Å²) in [5.41, 5.74) is 7.43. The van der Waals surface area contributed by atoms with E-state index in [9.17, 15) is 29.1 Å². The minimum atomic E-state index is -1.05. The van der Waals surface area contributed by atoms with Gasteiger partial charge in [-0.05, 0) is 68.2 Å². The second-order valence-electron chi connectivity index (χ2n) is 13.5. The number of carbonyl (C=O) groups is 5. The average Bonchev–Trinajstić information content (AvgIpc) is 3.30. The Hall–Kier alpha value is -5.53. The third-order valence-corrected chi connectivity index (χ3v) is 9.90. The number of ether oxygens (including phenoxy) is 2. The molecule has 3 heterocycles. The number of unbranched alkanes of at least 4 members (excludes halogenated alkanes) is 1. The number of anilines is 1. The first-order valence-corrected chi connectivity index (χ1v) is 16.4. The number of phenolic OH excluding ortho intramolecular Hbond substituents is 1. The summed E-state index contributed by atoms with van der Waals surface area (Å²) in [6, 6.07) is 12.2. The van der Waals surface area contributed by atoms with E-state index < -0.39 is 29.7 Å². The van der Waals surface area contributed by atoms with Gasteiger partial charge in [0.15, 0.2) is 11.6 Å². The van der Waals surface area contributed by atoms with Gasteiger partial charge in [-0.2, -0.15) is 0 Å². The Kier molecular flexibility index (Phi) is 8.17. The third kappa shape index (κ3) is 6.02. The van der Waals surface area contributed by atoms with Crippen molar-refractivity contribution in [2.75, 3.05) is 25.5 Å². The highest BCUT2D eigenvalue weighted by atomic mass is 16.5. The molecule has 2 aliphatic heterocycles. The first kappa shape index (κ1) is 32.0. The molecule has 5 amide bonds. The molecule has 2 aromatic carbocycles. The number of hydrogen-bond acceptors (Lipinski definition) is 11. The van der Waals surface area contributed by atoms with Gasteiger partial charge in [-0.15, -0.1) is 10.2 Å². The molecular formula is C35H36N6O8. The number of phenols is 1. The second kappa shape index (κ2) is 12.5. The summed E-state index contributed by atoms with van der Waals surface area (Å²) in [6.45, 7) is 1.33. The summed E-state index contributed by atoms with van der Waals surface area (Å²) in [5.74, 6) is -1.40. The van der Waals surface area contributed by atoms with Crippen LogP contribution in [0.3, 0.4) is 0 Å². The van der Waals surface area contributed by atoms with Gasteiger partial charge in [0, 0.05) is 36.4 Å². The van der Waals surface area contributed by atoms with E-state index >= 15 is 0 Å². The third-order valence-electron chi connectivity index (χ3n) is 9.90. The first-order valence-electron chi connectivity index (χ1n) is 16.4. The van der Waals surface area contributed by atoms with Gasteiger partial charge >= 0.3 is 0 Å². The molecule has 5 aliphatic rings. The van der Waals surface area contributed by atoms with E-state index in [0.717, 1.165) is 24.2 Å². The highest BCUT2D eigenvalue weighted by Crippen LogP contribution is 2.73. The van der Waals surface area contributed by atoms with E-state index in [4.69, 9.17) is 15.2 Å². The summed E-state index contributed by atoms with van der Waals surface area (Å²) >= 11 is 0. The fraction of sp³-hybridized carbons (Fsp3) is 0.400. The number of nitrogens with two attached hydrogens (primary N) is 1. The lowest BCUT2D eigenvalue weighted by molar-refractivity contribution is -0.215. The maximum atomic E-state index is 13.2. The van der Waals surface area contributed by atoms with Crippen LogP contribution in [0.15, 0.2) is 48.5 Å². The smallest absolute Gasteiger partial charge is 0.266 e. The Balaban J connectivity index is 0.820. The molecule has 4 fully saturated rings. The molecule has 0 spiro atoms. The van der Waals surface area contributed by atoms with Crippen LogP contribution in [0.5, 0.6) is 17.2 Å². The van der Waals surface area contributed by atoms with Crippen molar-refractivity contribution in [1.82, 2.24) is 25.7 Å². The maximum absolute atomic E-state index is 13.2. The number of nitrogen functional groups attached to an aromatic ring is 1. The van der Waals surface area contributed by atoms with Crippen molar-refractivity contribution in [1.29, 1.82) is 0 Å². The van der Waals surface area contributed by atoms with E-state index in [1.807, 2.05) is 0 Å². The van der Waals surface area contributed by atoms with Crippen molar-refractivity contribution in [2.24, 2.45) is 10.8 Å². The van der Waals surface area contributed by atoms with Crippen LogP contribution in [0, 0.1) is 10.8 Å². The van der Waals surface area contributed by atoms with Gasteiger partial charge in [0.05, 0.1) is 24.3 Å². The average molecular weight is 669 g/mol. The molecule has 2 bridgehead atoms. The number of nitrogens with one attached hydrogen (secondary N) is 2. The summed E-state index contributed by atoms with van der Waals surface area (Å²) in [6.07, 6.45) is 4.42. The minimum Gasteiger partial charge on any atom is -0.507 e. The summed E-state index contributed by atoms with van der Waals surface area (Å²) in [5, 5.41) is 23.5. The molecule has 3 aliphatic carbocycles. The lowest BCUT2D eigenvalue weighted by atomic mass is 9.35. The predicted octanol–water partition coefficient (Wildman–Crippen LogP) is 2.75. The van der Waals surface area contributed by atoms with Crippen LogP contribution in [0.2, 0.25) is 0 Å². The van der Waals surface area contributed by atoms with Gasteiger partial charge in [-0.3, -0.25) is 34.2 Å². The Morgan fingerprint density at radius 3 is 2.51 bits per heavy atom. The Morgan fingerprint density at radius 1 is 0.959 bits per heavy atom. The molecular weight excluding hydrogens is 632 g/mol. The Bertz CT molecular complexity index is 1860. The van der Waals surface area contributed by atoms with Crippen LogP contribution >= 0.6 is 0 Å². The predicted molar refractivity (Wildman–Crippen MR) is 173 cm³/mol. The molecule has 254 valence electrons. The Labute approximate surface area is 281 Å². The lowest BCUT2D eigenvalue weighted by Gasteiger charge is -2.70. The minimum absolute atomic E-state index is 0.0383. The standard InChI is InChI=1S/C35H36N6O8/c36-30-26(14-22(39-40-30)20-6-1-2-8-24(20)42)49-19-35-15-34(16-35,17-35)18-37-27(43)10-3-4-13-48-25-9-5-7-21-29(25)33(47)41(32(21)46)23-11-12-28(44)38-31(23)45/h1-2,5-9,14,23,42H,3-4,10-13,15-19H2,(H2,36,40)(H,37,43)(H,38,44,45). The molecule has 0 radical (unpaired) electrons. The van der Waals surface area contributed by atoms with Crippen LogP contribution in [-0.4, -0.2) is 75.5 Å². The summed E-state index contributed by atoms with van der Waals surface area (Å²) < 4.78 is 11.9. The van der Waals surface area contributed by atoms with E-state index in [1.54, 1.807) is 42.5 Å². The number of rotatable bonds is 13. The second-order valence-corrected chi connectivity index (χ2v) is 13.5. The van der Waals surface area contributed by atoms with Crippen molar-refractivity contribution < 1.29 is 38.6 Å². The van der Waals surface area contributed by atoms with Crippen LogP contribution in [0.25, 0.3) is 11.3 Å². The number of nitrogens with zero attached hydrogens (tertiary/aromatic N) is 3. The van der Waals surface area contributed by atoms with Gasteiger partial charge in [-0.25, -0.2) is 0 Å². The fourth-order valence-electron chi connectivity index (χ4n) is 7.67. The van der Waals surface area contributed by atoms with Crippen molar-refractivity contribution >= 4 is 35.4 Å². The Morgan fingerprint density at radius 2 is 1.73 bits per heavy atom. The number of piperidine rings is 1. The number of para-hydroxylation sites is 1. The summed E-state index contributed by atoms with van der Waals surface area (Å²) in [7, 11) is 0. The number of aromatic nitrogens is 2.